The second-order valence-corrected chi connectivity index (χ2v) is 10.5. The molecule has 3 aromatic rings. The van der Waals surface area contributed by atoms with E-state index >= 15 is 0 Å². The number of hydrogen-bond donors (Lipinski definition) is 1. The zero-order valence-corrected chi connectivity index (χ0v) is 20.5. The van der Waals surface area contributed by atoms with Crippen molar-refractivity contribution in [2.24, 2.45) is 5.41 Å². The number of pyridine rings is 1. The van der Waals surface area contributed by atoms with Crippen LogP contribution in [0.5, 0.6) is 0 Å². The summed E-state index contributed by atoms with van der Waals surface area (Å²) in [5.41, 5.74) is 2.03. The van der Waals surface area contributed by atoms with Gasteiger partial charge in [0, 0.05) is 48.6 Å². The molecule has 4 heterocycles. The predicted molar refractivity (Wildman–Crippen MR) is 129 cm³/mol. The molecular weight excluding hydrogens is 428 g/mol. The molecule has 0 spiro atoms. The van der Waals surface area contributed by atoms with E-state index in [0.717, 1.165) is 49.2 Å². The molecule has 2 atom stereocenters. The van der Waals surface area contributed by atoms with Gasteiger partial charge < -0.3 is 19.3 Å². The Hall–Kier alpha value is -2.61. The van der Waals surface area contributed by atoms with Crippen molar-refractivity contribution in [1.82, 2.24) is 20.0 Å². The number of hydrogen-bond acceptors (Lipinski definition) is 7. The normalized spacial score (nSPS) is 22.0. The molecule has 2 saturated heterocycles. The topological polar surface area (TPSA) is 84.5 Å². The number of nitrogens with zero attached hydrogens (tertiary/aromatic N) is 4. The van der Waals surface area contributed by atoms with Crippen molar-refractivity contribution in [3.63, 3.8) is 0 Å². The lowest BCUT2D eigenvalue weighted by atomic mass is 9.62. The minimum absolute atomic E-state index is 0.146. The van der Waals surface area contributed by atoms with Gasteiger partial charge in [-0.2, -0.15) is 4.98 Å². The Bertz CT molecular complexity index is 1130. The average Bonchev–Trinajstić information content (AvgIpc) is 3.50. The third kappa shape index (κ3) is 4.06. The molecule has 2 aromatic heterocycles. The maximum Gasteiger partial charge on any atom is 0.229 e. The minimum Gasteiger partial charge on any atom is -0.380 e. The van der Waals surface area contributed by atoms with E-state index in [1.807, 2.05) is 6.07 Å². The highest BCUT2D eigenvalue weighted by Crippen LogP contribution is 2.50. The van der Waals surface area contributed by atoms with Crippen LogP contribution in [0.3, 0.4) is 0 Å². The first-order valence-corrected chi connectivity index (χ1v) is 12.2. The summed E-state index contributed by atoms with van der Waals surface area (Å²) in [5.74, 6) is 1.48. The Kier molecular flexibility index (Phi) is 6.04. The molecule has 2 unspecified atom stereocenters. The quantitative estimate of drug-likeness (QED) is 0.564. The monoisotopic (exact) mass is 462 g/mol. The van der Waals surface area contributed by atoms with Crippen LogP contribution in [0.2, 0.25) is 0 Å². The van der Waals surface area contributed by atoms with Gasteiger partial charge in [-0.25, -0.2) is 0 Å². The third-order valence-corrected chi connectivity index (χ3v) is 7.41. The van der Waals surface area contributed by atoms with Crippen molar-refractivity contribution in [2.75, 3.05) is 26.7 Å². The number of likely N-dealkylation sites (tertiary alicyclic amines) is 1. The van der Waals surface area contributed by atoms with Crippen molar-refractivity contribution in [1.29, 1.82) is 0 Å². The Morgan fingerprint density at radius 1 is 1.18 bits per heavy atom. The van der Waals surface area contributed by atoms with E-state index in [1.165, 1.54) is 5.56 Å². The molecule has 1 N–H and O–H groups in total. The van der Waals surface area contributed by atoms with Crippen molar-refractivity contribution in [3.05, 3.63) is 65.3 Å². The van der Waals surface area contributed by atoms with Crippen molar-refractivity contribution in [3.8, 4) is 11.4 Å². The van der Waals surface area contributed by atoms with Gasteiger partial charge in [0.2, 0.25) is 11.7 Å². The Morgan fingerprint density at radius 2 is 1.94 bits per heavy atom. The number of rotatable bonds is 7. The fourth-order valence-corrected chi connectivity index (χ4v) is 5.56. The van der Waals surface area contributed by atoms with Crippen LogP contribution in [0, 0.1) is 5.41 Å². The van der Waals surface area contributed by atoms with Crippen LogP contribution in [0.1, 0.15) is 62.1 Å². The SMILES string of the molecule is CC(C)c1ccc(C(O)(c2cncc(-c3noc(CC4CCCO4)n3)c2)C2(C)CN(C)C2)cc1. The van der Waals surface area contributed by atoms with Gasteiger partial charge in [0.15, 0.2) is 0 Å². The summed E-state index contributed by atoms with van der Waals surface area (Å²) in [4.78, 5) is 11.3. The van der Waals surface area contributed by atoms with E-state index in [-0.39, 0.29) is 11.5 Å². The largest absolute Gasteiger partial charge is 0.380 e. The van der Waals surface area contributed by atoms with Gasteiger partial charge in [-0.15, -0.1) is 0 Å². The smallest absolute Gasteiger partial charge is 0.229 e. The first-order valence-electron chi connectivity index (χ1n) is 12.2. The summed E-state index contributed by atoms with van der Waals surface area (Å²) in [7, 11) is 2.08. The Labute approximate surface area is 201 Å². The van der Waals surface area contributed by atoms with Crippen LogP contribution in [0.15, 0.2) is 47.2 Å². The Morgan fingerprint density at radius 3 is 2.59 bits per heavy atom. The molecule has 0 amide bonds. The molecule has 180 valence electrons. The van der Waals surface area contributed by atoms with Gasteiger partial charge in [0.05, 0.1) is 12.5 Å². The van der Waals surface area contributed by atoms with Gasteiger partial charge in [0.1, 0.15) is 5.60 Å². The molecule has 2 aliphatic heterocycles. The van der Waals surface area contributed by atoms with E-state index < -0.39 is 5.60 Å². The van der Waals surface area contributed by atoms with Crippen LogP contribution in [0.25, 0.3) is 11.4 Å². The standard InChI is InChI=1S/C27H34N4O3/c1-18(2)19-7-9-21(10-8-19)27(32,26(3)16-31(4)17-26)22-12-20(14-28-15-22)25-29-24(34-30-25)13-23-6-5-11-33-23/h7-10,12,14-15,18,23,32H,5-6,11,13,16-17H2,1-4H3. The zero-order valence-electron chi connectivity index (χ0n) is 20.5. The lowest BCUT2D eigenvalue weighted by molar-refractivity contribution is -0.127. The molecule has 7 heteroatoms. The van der Waals surface area contributed by atoms with Crippen molar-refractivity contribution in [2.45, 2.75) is 57.7 Å². The number of aromatic nitrogens is 3. The maximum absolute atomic E-state index is 12.4. The lowest BCUT2D eigenvalue weighted by Crippen LogP contribution is -2.63. The number of ether oxygens (including phenoxy) is 1. The van der Waals surface area contributed by atoms with E-state index in [9.17, 15) is 5.11 Å². The highest BCUT2D eigenvalue weighted by Gasteiger charge is 2.55. The fourth-order valence-electron chi connectivity index (χ4n) is 5.56. The summed E-state index contributed by atoms with van der Waals surface area (Å²) >= 11 is 0. The van der Waals surface area contributed by atoms with Gasteiger partial charge in [-0.3, -0.25) is 4.98 Å². The van der Waals surface area contributed by atoms with E-state index in [1.54, 1.807) is 12.4 Å². The summed E-state index contributed by atoms with van der Waals surface area (Å²) in [6, 6.07) is 10.3. The van der Waals surface area contributed by atoms with Crippen LogP contribution in [0.4, 0.5) is 0 Å². The van der Waals surface area contributed by atoms with E-state index in [4.69, 9.17) is 9.26 Å². The van der Waals surface area contributed by atoms with Crippen molar-refractivity contribution < 1.29 is 14.4 Å². The molecule has 0 bridgehead atoms. The molecule has 34 heavy (non-hydrogen) atoms. The second-order valence-electron chi connectivity index (χ2n) is 10.5. The molecule has 7 nitrogen and oxygen atoms in total. The lowest BCUT2D eigenvalue weighted by Gasteiger charge is -2.55. The van der Waals surface area contributed by atoms with Gasteiger partial charge in [-0.1, -0.05) is 50.2 Å². The molecule has 2 aliphatic rings. The van der Waals surface area contributed by atoms with Gasteiger partial charge in [0.25, 0.3) is 0 Å². The molecule has 5 rings (SSSR count). The number of benzene rings is 1. The summed E-state index contributed by atoms with van der Waals surface area (Å²) in [5, 5.41) is 16.6. The molecule has 0 aliphatic carbocycles. The molecular formula is C27H34N4O3. The molecule has 0 radical (unpaired) electrons. The highest BCUT2D eigenvalue weighted by atomic mass is 16.5. The first-order chi connectivity index (χ1) is 16.3. The van der Waals surface area contributed by atoms with Crippen LogP contribution in [-0.2, 0) is 16.8 Å². The molecule has 2 fully saturated rings. The van der Waals surface area contributed by atoms with Crippen LogP contribution in [-0.4, -0.2) is 58.0 Å². The summed E-state index contributed by atoms with van der Waals surface area (Å²) in [6.07, 6.45) is 6.34. The summed E-state index contributed by atoms with van der Waals surface area (Å²) < 4.78 is 11.2. The fraction of sp³-hybridized carbons (Fsp3) is 0.519. The highest BCUT2D eigenvalue weighted by molar-refractivity contribution is 5.56. The first kappa shape index (κ1) is 23.1. The average molecular weight is 463 g/mol. The third-order valence-electron chi connectivity index (χ3n) is 7.41. The van der Waals surface area contributed by atoms with Gasteiger partial charge in [-0.05, 0) is 43.0 Å². The predicted octanol–water partition coefficient (Wildman–Crippen LogP) is 4.16. The minimum atomic E-state index is -1.21. The van der Waals surface area contributed by atoms with Gasteiger partial charge >= 0.3 is 0 Å². The number of aliphatic hydroxyl groups is 1. The van der Waals surface area contributed by atoms with Crippen LogP contribution < -0.4 is 0 Å². The maximum atomic E-state index is 12.4. The zero-order chi connectivity index (χ0) is 23.9. The van der Waals surface area contributed by atoms with E-state index in [2.05, 4.69) is 72.1 Å². The van der Waals surface area contributed by atoms with E-state index in [0.29, 0.717) is 24.1 Å². The van der Waals surface area contributed by atoms with Crippen molar-refractivity contribution >= 4 is 0 Å². The molecule has 0 saturated carbocycles. The summed E-state index contributed by atoms with van der Waals surface area (Å²) in [6.45, 7) is 8.86. The van der Waals surface area contributed by atoms with Crippen LogP contribution >= 0.6 is 0 Å². The Balaban J connectivity index is 1.50. The second kappa shape index (κ2) is 8.87. The molecule has 1 aromatic carbocycles.